The minimum Gasteiger partial charge on any atom is -0.352 e. The number of hydrogen-bond donors (Lipinski definition) is 4. The number of carbonyl (C=O) groups excluding carboxylic acids is 3. The van der Waals surface area contributed by atoms with Gasteiger partial charge in [0, 0.05) is 17.8 Å². The van der Waals surface area contributed by atoms with E-state index in [4.69, 9.17) is 5.73 Å². The van der Waals surface area contributed by atoms with Crippen LogP contribution >= 0.6 is 0 Å². The monoisotopic (exact) mass is 334 g/mol. The van der Waals surface area contributed by atoms with Gasteiger partial charge in [0.15, 0.2) is 0 Å². The molecule has 0 aliphatic rings. The Morgan fingerprint density at radius 2 is 1.83 bits per heavy atom. The average molecular weight is 334 g/mol. The number of aryl methyl sites for hydroxylation is 1. The van der Waals surface area contributed by atoms with Crippen molar-refractivity contribution in [2.75, 3.05) is 18.4 Å². The third-order valence-electron chi connectivity index (χ3n) is 3.56. The zero-order chi connectivity index (χ0) is 18.3. The topological polar surface area (TPSA) is 113 Å². The van der Waals surface area contributed by atoms with Crippen LogP contribution < -0.4 is 21.7 Å². The van der Waals surface area contributed by atoms with Crippen molar-refractivity contribution >= 4 is 23.4 Å². The standard InChI is InChI=1S/C17H26N4O3/c1-5-19-16(23)12-7-6-11(4)13(8-12)21-14(22)9-20-17(24)15(18)10(2)3/h6-8,10,15H,5,9,18H2,1-4H3,(H,19,23)(H,20,24)(H,21,22)/t15-/m0/s1. The zero-order valence-electron chi connectivity index (χ0n) is 14.6. The average Bonchev–Trinajstić information content (AvgIpc) is 2.53. The molecule has 0 unspecified atom stereocenters. The van der Waals surface area contributed by atoms with Crippen LogP contribution in [0.5, 0.6) is 0 Å². The summed E-state index contributed by atoms with van der Waals surface area (Å²) >= 11 is 0. The Morgan fingerprint density at radius 1 is 1.17 bits per heavy atom. The van der Waals surface area contributed by atoms with Crippen molar-refractivity contribution in [3.8, 4) is 0 Å². The molecule has 0 aliphatic carbocycles. The van der Waals surface area contributed by atoms with Gasteiger partial charge in [0.05, 0.1) is 12.6 Å². The molecule has 0 saturated heterocycles. The fourth-order valence-corrected chi connectivity index (χ4v) is 1.94. The first kappa shape index (κ1) is 19.6. The van der Waals surface area contributed by atoms with E-state index in [0.717, 1.165) is 5.56 Å². The molecule has 0 fully saturated rings. The second-order valence-corrected chi connectivity index (χ2v) is 5.92. The van der Waals surface area contributed by atoms with E-state index in [0.29, 0.717) is 17.8 Å². The first-order valence-electron chi connectivity index (χ1n) is 7.98. The lowest BCUT2D eigenvalue weighted by Crippen LogP contribution is -2.46. The van der Waals surface area contributed by atoms with Crippen molar-refractivity contribution in [2.45, 2.75) is 33.7 Å². The number of anilines is 1. The normalized spacial score (nSPS) is 11.8. The smallest absolute Gasteiger partial charge is 0.251 e. The third-order valence-corrected chi connectivity index (χ3v) is 3.56. The maximum absolute atomic E-state index is 12.0. The molecule has 7 heteroatoms. The molecule has 5 N–H and O–H groups in total. The fraction of sp³-hybridized carbons (Fsp3) is 0.471. The highest BCUT2D eigenvalue weighted by Gasteiger charge is 2.18. The van der Waals surface area contributed by atoms with Crippen LogP contribution in [0, 0.1) is 12.8 Å². The van der Waals surface area contributed by atoms with Crippen LogP contribution in [0.1, 0.15) is 36.7 Å². The summed E-state index contributed by atoms with van der Waals surface area (Å²) in [6.45, 7) is 7.67. The minimum absolute atomic E-state index is 0.0101. The van der Waals surface area contributed by atoms with Gasteiger partial charge in [0.2, 0.25) is 11.8 Å². The molecule has 0 aromatic heterocycles. The molecule has 3 amide bonds. The molecule has 0 heterocycles. The van der Waals surface area contributed by atoms with Crippen LogP contribution in [0.2, 0.25) is 0 Å². The molecular weight excluding hydrogens is 308 g/mol. The highest BCUT2D eigenvalue weighted by atomic mass is 16.2. The number of carbonyl (C=O) groups is 3. The number of rotatable bonds is 7. The molecule has 0 spiro atoms. The summed E-state index contributed by atoms with van der Waals surface area (Å²) in [5.74, 6) is -0.961. The molecule has 1 atom stereocenters. The van der Waals surface area contributed by atoms with E-state index >= 15 is 0 Å². The summed E-state index contributed by atoms with van der Waals surface area (Å²) < 4.78 is 0. The van der Waals surface area contributed by atoms with E-state index in [-0.39, 0.29) is 30.2 Å². The second-order valence-electron chi connectivity index (χ2n) is 5.92. The molecule has 0 saturated carbocycles. The molecule has 24 heavy (non-hydrogen) atoms. The lowest BCUT2D eigenvalue weighted by molar-refractivity contribution is -0.125. The highest BCUT2D eigenvalue weighted by molar-refractivity contribution is 5.99. The van der Waals surface area contributed by atoms with Gasteiger partial charge in [-0.1, -0.05) is 19.9 Å². The number of benzene rings is 1. The minimum atomic E-state index is -0.652. The van der Waals surface area contributed by atoms with Gasteiger partial charge in [-0.25, -0.2) is 0 Å². The SMILES string of the molecule is CCNC(=O)c1ccc(C)c(NC(=O)CNC(=O)[C@@H](N)C(C)C)c1. The predicted octanol–water partition coefficient (Wildman–Crippen LogP) is 0.783. The Morgan fingerprint density at radius 3 is 2.42 bits per heavy atom. The maximum atomic E-state index is 12.0. The predicted molar refractivity (Wildman–Crippen MR) is 93.6 cm³/mol. The zero-order valence-corrected chi connectivity index (χ0v) is 14.6. The Hall–Kier alpha value is -2.41. The Bertz CT molecular complexity index is 614. The third kappa shape index (κ3) is 5.66. The number of hydrogen-bond acceptors (Lipinski definition) is 4. The molecule has 1 aromatic carbocycles. The van der Waals surface area contributed by atoms with Crippen molar-refractivity contribution in [2.24, 2.45) is 11.7 Å². The van der Waals surface area contributed by atoms with Gasteiger partial charge in [-0.15, -0.1) is 0 Å². The van der Waals surface area contributed by atoms with Crippen molar-refractivity contribution in [3.05, 3.63) is 29.3 Å². The van der Waals surface area contributed by atoms with Gasteiger partial charge >= 0.3 is 0 Å². The first-order valence-corrected chi connectivity index (χ1v) is 7.98. The van der Waals surface area contributed by atoms with Crippen molar-refractivity contribution in [1.82, 2.24) is 10.6 Å². The molecule has 1 aromatic rings. The van der Waals surface area contributed by atoms with E-state index in [1.165, 1.54) is 0 Å². The summed E-state index contributed by atoms with van der Waals surface area (Å²) in [6.07, 6.45) is 0. The lowest BCUT2D eigenvalue weighted by Gasteiger charge is -2.15. The van der Waals surface area contributed by atoms with Gasteiger partial charge in [0.1, 0.15) is 0 Å². The van der Waals surface area contributed by atoms with Crippen molar-refractivity contribution in [3.63, 3.8) is 0 Å². The van der Waals surface area contributed by atoms with Gasteiger partial charge in [-0.2, -0.15) is 0 Å². The molecule has 132 valence electrons. The van der Waals surface area contributed by atoms with E-state index in [1.54, 1.807) is 18.2 Å². The molecule has 0 radical (unpaired) electrons. The molecular formula is C17H26N4O3. The molecule has 7 nitrogen and oxygen atoms in total. The van der Waals surface area contributed by atoms with Crippen LogP contribution in [0.25, 0.3) is 0 Å². The first-order chi connectivity index (χ1) is 11.3. The lowest BCUT2D eigenvalue weighted by atomic mass is 10.1. The quantitative estimate of drug-likeness (QED) is 0.590. The number of nitrogens with two attached hydrogens (primary N) is 1. The van der Waals surface area contributed by atoms with Crippen molar-refractivity contribution < 1.29 is 14.4 Å². The van der Waals surface area contributed by atoms with Crippen LogP contribution in [-0.4, -0.2) is 36.9 Å². The van der Waals surface area contributed by atoms with Crippen LogP contribution in [0.3, 0.4) is 0 Å². The number of amides is 3. The molecule has 0 aliphatic heterocycles. The van der Waals surface area contributed by atoms with Crippen molar-refractivity contribution in [1.29, 1.82) is 0 Å². The Balaban J connectivity index is 2.68. The maximum Gasteiger partial charge on any atom is 0.251 e. The highest BCUT2D eigenvalue weighted by Crippen LogP contribution is 2.16. The van der Waals surface area contributed by atoms with Crippen LogP contribution in [0.15, 0.2) is 18.2 Å². The van der Waals surface area contributed by atoms with E-state index in [2.05, 4.69) is 16.0 Å². The second kappa shape index (κ2) is 9.02. The summed E-state index contributed by atoms with van der Waals surface area (Å²) in [7, 11) is 0. The molecule has 0 bridgehead atoms. The molecule has 1 rings (SSSR count). The summed E-state index contributed by atoms with van der Waals surface area (Å²) in [4.78, 5) is 35.6. The fourth-order valence-electron chi connectivity index (χ4n) is 1.94. The Kier molecular flexibility index (Phi) is 7.38. The summed E-state index contributed by atoms with van der Waals surface area (Å²) in [5, 5.41) is 7.90. The van der Waals surface area contributed by atoms with Gasteiger partial charge in [0.25, 0.3) is 5.91 Å². The van der Waals surface area contributed by atoms with Crippen LogP contribution in [-0.2, 0) is 9.59 Å². The van der Waals surface area contributed by atoms with Crippen LogP contribution in [0.4, 0.5) is 5.69 Å². The van der Waals surface area contributed by atoms with E-state index in [9.17, 15) is 14.4 Å². The van der Waals surface area contributed by atoms with Gasteiger partial charge in [-0.3, -0.25) is 14.4 Å². The van der Waals surface area contributed by atoms with E-state index < -0.39 is 6.04 Å². The Labute approximate surface area is 142 Å². The number of nitrogens with one attached hydrogen (secondary N) is 3. The largest absolute Gasteiger partial charge is 0.352 e. The van der Waals surface area contributed by atoms with Gasteiger partial charge in [-0.05, 0) is 37.5 Å². The van der Waals surface area contributed by atoms with E-state index in [1.807, 2.05) is 27.7 Å². The summed E-state index contributed by atoms with van der Waals surface area (Å²) in [5.41, 5.74) is 7.53. The summed E-state index contributed by atoms with van der Waals surface area (Å²) in [6, 6.07) is 4.41. The van der Waals surface area contributed by atoms with Gasteiger partial charge < -0.3 is 21.7 Å².